The molecular formula is C29H34N4O3. The number of hydrogen-bond acceptors (Lipinski definition) is 6. The van der Waals surface area contributed by atoms with Crippen molar-refractivity contribution < 1.29 is 15.3 Å². The molecule has 1 aliphatic rings. The van der Waals surface area contributed by atoms with Crippen LogP contribution in [0.25, 0.3) is 17.2 Å². The highest BCUT2D eigenvalue weighted by atomic mass is 16.3. The highest BCUT2D eigenvalue weighted by Crippen LogP contribution is 2.41. The van der Waals surface area contributed by atoms with Crippen molar-refractivity contribution in [3.8, 4) is 17.2 Å². The third kappa shape index (κ3) is 6.10. The van der Waals surface area contributed by atoms with Gasteiger partial charge in [0.1, 0.15) is 18.0 Å². The Labute approximate surface area is 212 Å². The van der Waals surface area contributed by atoms with Gasteiger partial charge in [-0.3, -0.25) is 5.32 Å². The van der Waals surface area contributed by atoms with Crippen LogP contribution in [0.3, 0.4) is 0 Å². The summed E-state index contributed by atoms with van der Waals surface area (Å²) in [6, 6.07) is 18.4. The van der Waals surface area contributed by atoms with Gasteiger partial charge in [0, 0.05) is 12.4 Å². The van der Waals surface area contributed by atoms with Crippen molar-refractivity contribution in [3.05, 3.63) is 84.0 Å². The Hall–Kier alpha value is -3.28. The third-order valence-electron chi connectivity index (χ3n) is 6.98. The number of nitriles is 1. The predicted molar refractivity (Wildman–Crippen MR) is 140 cm³/mol. The van der Waals surface area contributed by atoms with E-state index in [1.54, 1.807) is 23.9 Å². The number of aromatic nitrogens is 2. The van der Waals surface area contributed by atoms with E-state index < -0.39 is 12.1 Å². The van der Waals surface area contributed by atoms with Crippen molar-refractivity contribution in [1.82, 2.24) is 14.9 Å². The number of imidazole rings is 1. The van der Waals surface area contributed by atoms with Gasteiger partial charge in [-0.15, -0.1) is 0 Å². The SMILES string of the molecule is C[C@H](O)c1nccn1[C@@H](/C=C/c1ccc(-c2ccc(C3CC(CNC(C#N)CO)C3)cc2)cc1)CO. The lowest BCUT2D eigenvalue weighted by molar-refractivity contribution is 0.175. The normalized spacial score (nSPS) is 20.0. The van der Waals surface area contributed by atoms with E-state index in [-0.39, 0.29) is 19.3 Å². The summed E-state index contributed by atoms with van der Waals surface area (Å²) >= 11 is 0. The van der Waals surface area contributed by atoms with Gasteiger partial charge in [0.25, 0.3) is 0 Å². The van der Waals surface area contributed by atoms with Crippen molar-refractivity contribution in [2.24, 2.45) is 5.92 Å². The van der Waals surface area contributed by atoms with E-state index >= 15 is 0 Å². The highest BCUT2D eigenvalue weighted by molar-refractivity contribution is 5.66. The maximum atomic E-state index is 9.89. The molecule has 1 heterocycles. The fraction of sp³-hybridized carbons (Fsp3) is 0.379. The minimum absolute atomic E-state index is 0.0850. The van der Waals surface area contributed by atoms with Crippen LogP contribution in [-0.2, 0) is 0 Å². The Bertz CT molecular complexity index is 1170. The molecule has 188 valence electrons. The number of nitrogens with zero attached hydrogens (tertiary/aromatic N) is 3. The van der Waals surface area contributed by atoms with Crippen LogP contribution in [0, 0.1) is 17.2 Å². The molecule has 1 saturated carbocycles. The zero-order chi connectivity index (χ0) is 25.5. The molecule has 36 heavy (non-hydrogen) atoms. The van der Waals surface area contributed by atoms with Gasteiger partial charge >= 0.3 is 0 Å². The van der Waals surface area contributed by atoms with Crippen LogP contribution in [0.1, 0.15) is 54.8 Å². The second-order valence-electron chi connectivity index (χ2n) is 9.53. The predicted octanol–water partition coefficient (Wildman–Crippen LogP) is 3.82. The number of benzene rings is 2. The molecule has 3 atom stereocenters. The van der Waals surface area contributed by atoms with E-state index in [4.69, 9.17) is 10.4 Å². The first-order valence-corrected chi connectivity index (χ1v) is 12.5. The summed E-state index contributed by atoms with van der Waals surface area (Å²) in [6.45, 7) is 2.20. The minimum atomic E-state index is -0.704. The van der Waals surface area contributed by atoms with Crippen LogP contribution in [0.5, 0.6) is 0 Å². The van der Waals surface area contributed by atoms with Gasteiger partial charge in [-0.1, -0.05) is 60.7 Å². The number of aliphatic hydroxyl groups excluding tert-OH is 3. The van der Waals surface area contributed by atoms with Gasteiger partial charge in [0.05, 0.1) is 25.3 Å². The summed E-state index contributed by atoms with van der Waals surface area (Å²) in [5.41, 5.74) is 4.69. The summed E-state index contributed by atoms with van der Waals surface area (Å²) in [4.78, 5) is 4.18. The zero-order valence-electron chi connectivity index (χ0n) is 20.5. The van der Waals surface area contributed by atoms with Gasteiger partial charge < -0.3 is 19.9 Å². The van der Waals surface area contributed by atoms with E-state index in [9.17, 15) is 10.2 Å². The summed E-state index contributed by atoms with van der Waals surface area (Å²) in [5, 5.41) is 40.9. The molecule has 1 aliphatic carbocycles. The second-order valence-corrected chi connectivity index (χ2v) is 9.53. The summed E-state index contributed by atoms with van der Waals surface area (Å²) in [7, 11) is 0. The van der Waals surface area contributed by atoms with Crippen LogP contribution < -0.4 is 5.32 Å². The molecule has 0 aliphatic heterocycles. The quantitative estimate of drug-likeness (QED) is 0.328. The van der Waals surface area contributed by atoms with Gasteiger partial charge in [-0.05, 0) is 60.4 Å². The molecule has 3 aromatic rings. The first kappa shape index (κ1) is 25.8. The maximum absolute atomic E-state index is 9.89. The molecule has 0 radical (unpaired) electrons. The van der Waals surface area contributed by atoms with E-state index in [1.165, 1.54) is 11.1 Å². The smallest absolute Gasteiger partial charge is 0.137 e. The first-order valence-electron chi connectivity index (χ1n) is 12.5. The molecular weight excluding hydrogens is 452 g/mol. The molecule has 1 unspecified atom stereocenters. The van der Waals surface area contributed by atoms with Crippen molar-refractivity contribution >= 4 is 6.08 Å². The molecule has 4 N–H and O–H groups in total. The Balaban J connectivity index is 1.33. The average molecular weight is 487 g/mol. The fourth-order valence-corrected chi connectivity index (χ4v) is 4.76. The van der Waals surface area contributed by atoms with Crippen molar-refractivity contribution in [2.45, 2.75) is 43.9 Å². The van der Waals surface area contributed by atoms with Crippen LogP contribution in [-0.4, -0.2) is 50.7 Å². The fourth-order valence-electron chi connectivity index (χ4n) is 4.76. The third-order valence-corrected chi connectivity index (χ3v) is 6.98. The molecule has 1 aromatic heterocycles. The maximum Gasteiger partial charge on any atom is 0.137 e. The lowest BCUT2D eigenvalue weighted by atomic mass is 9.71. The largest absolute Gasteiger partial charge is 0.394 e. The molecule has 7 nitrogen and oxygen atoms in total. The Morgan fingerprint density at radius 1 is 1.08 bits per heavy atom. The van der Waals surface area contributed by atoms with Crippen LogP contribution in [0.15, 0.2) is 67.0 Å². The average Bonchev–Trinajstić information content (AvgIpc) is 3.37. The van der Waals surface area contributed by atoms with Gasteiger partial charge in [0.2, 0.25) is 0 Å². The zero-order valence-corrected chi connectivity index (χ0v) is 20.5. The van der Waals surface area contributed by atoms with Crippen molar-refractivity contribution in [2.75, 3.05) is 19.8 Å². The summed E-state index contributed by atoms with van der Waals surface area (Å²) in [6.07, 6.45) is 8.78. The lowest BCUT2D eigenvalue weighted by Gasteiger charge is -2.36. The number of hydrogen-bond donors (Lipinski definition) is 4. The highest BCUT2D eigenvalue weighted by Gasteiger charge is 2.30. The van der Waals surface area contributed by atoms with Crippen LogP contribution in [0.2, 0.25) is 0 Å². The molecule has 4 rings (SSSR count). The van der Waals surface area contributed by atoms with Crippen LogP contribution in [0.4, 0.5) is 0 Å². The van der Waals surface area contributed by atoms with E-state index in [2.05, 4.69) is 64.9 Å². The molecule has 7 heteroatoms. The van der Waals surface area contributed by atoms with Gasteiger partial charge in [-0.2, -0.15) is 5.26 Å². The van der Waals surface area contributed by atoms with E-state index in [0.29, 0.717) is 17.7 Å². The lowest BCUT2D eigenvalue weighted by Crippen LogP contribution is -2.38. The van der Waals surface area contributed by atoms with Crippen LogP contribution >= 0.6 is 0 Å². The minimum Gasteiger partial charge on any atom is -0.394 e. The van der Waals surface area contributed by atoms with Gasteiger partial charge in [0.15, 0.2) is 0 Å². The Kier molecular flexibility index (Phi) is 8.68. The molecule has 2 aromatic carbocycles. The molecule has 0 saturated heterocycles. The number of rotatable bonds is 11. The van der Waals surface area contributed by atoms with Crippen molar-refractivity contribution in [1.29, 1.82) is 5.26 Å². The topological polar surface area (TPSA) is 114 Å². The molecule has 1 fully saturated rings. The Morgan fingerprint density at radius 3 is 2.33 bits per heavy atom. The summed E-state index contributed by atoms with van der Waals surface area (Å²) in [5.74, 6) is 1.63. The van der Waals surface area contributed by atoms with E-state index in [1.807, 2.05) is 12.2 Å². The number of nitrogens with one attached hydrogen (secondary N) is 1. The van der Waals surface area contributed by atoms with Gasteiger partial charge in [-0.25, -0.2) is 4.98 Å². The van der Waals surface area contributed by atoms with Crippen molar-refractivity contribution in [3.63, 3.8) is 0 Å². The standard InChI is InChI=1S/C29H34N4O3/c1-20(36)29-31-12-13-33(29)28(19-35)11-4-21-2-5-23(6-3-21)24-7-9-25(10-8-24)26-14-22(15-26)17-32-27(16-30)18-34/h2-13,20,22,26-28,32,34-36H,14-15,17-19H2,1H3/b11-4+/t20-,22?,26?,27?,28-/m0/s1. The van der Waals surface area contributed by atoms with E-state index in [0.717, 1.165) is 30.5 Å². The second kappa shape index (κ2) is 12.1. The molecule has 0 spiro atoms. The number of aliphatic hydroxyl groups is 3. The molecule has 0 bridgehead atoms. The first-order chi connectivity index (χ1) is 17.5. The summed E-state index contributed by atoms with van der Waals surface area (Å²) < 4.78 is 1.79. The molecule has 0 amide bonds. The Morgan fingerprint density at radius 2 is 1.75 bits per heavy atom. The monoisotopic (exact) mass is 486 g/mol.